The van der Waals surface area contributed by atoms with Gasteiger partial charge in [0.15, 0.2) is 0 Å². The molecule has 3 unspecified atom stereocenters. The Morgan fingerprint density at radius 1 is 0.864 bits per heavy atom. The normalized spacial score (nSPS) is 13.6. The van der Waals surface area contributed by atoms with Gasteiger partial charge in [0.25, 0.3) is 0 Å². The Hall–Kier alpha value is -3.97. The first-order chi connectivity index (χ1) is 20.5. The fraction of sp³-hybridized carbons (Fsp3) is 0.471. The largest absolute Gasteiger partial charge is 0.458 e. The van der Waals surface area contributed by atoms with E-state index in [0.29, 0.717) is 11.1 Å². The van der Waals surface area contributed by atoms with Crippen LogP contribution in [0.1, 0.15) is 78.1 Å². The number of hydrogen-bond acceptors (Lipinski definition) is 7. The lowest BCUT2D eigenvalue weighted by Crippen LogP contribution is -2.57. The molecule has 0 fully saturated rings. The minimum Gasteiger partial charge on any atom is -0.458 e. The van der Waals surface area contributed by atoms with Crippen LogP contribution in [-0.4, -0.2) is 63.9 Å². The van der Waals surface area contributed by atoms with Crippen LogP contribution in [0.25, 0.3) is 0 Å². The van der Waals surface area contributed by atoms with Crippen LogP contribution in [-0.2, 0) is 30.3 Å². The first-order valence-corrected chi connectivity index (χ1v) is 15.1. The van der Waals surface area contributed by atoms with Crippen LogP contribution in [0.2, 0.25) is 0 Å². The van der Waals surface area contributed by atoms with Crippen molar-refractivity contribution in [3.05, 3.63) is 71.3 Å². The minimum absolute atomic E-state index is 0.0553. The van der Waals surface area contributed by atoms with Crippen molar-refractivity contribution in [3.8, 4) is 12.3 Å². The van der Waals surface area contributed by atoms with E-state index in [1.165, 1.54) is 4.90 Å². The van der Waals surface area contributed by atoms with Crippen LogP contribution in [0.4, 0.5) is 4.79 Å². The molecule has 0 heterocycles. The number of terminal acetylenes is 1. The quantitative estimate of drug-likeness (QED) is 0.188. The molecule has 238 valence electrons. The summed E-state index contributed by atoms with van der Waals surface area (Å²) in [6, 6.07) is 12.0. The van der Waals surface area contributed by atoms with Gasteiger partial charge >= 0.3 is 12.1 Å². The summed E-state index contributed by atoms with van der Waals surface area (Å²) in [5.74, 6) is 0.714. The van der Waals surface area contributed by atoms with Crippen LogP contribution in [0.5, 0.6) is 0 Å². The zero-order valence-corrected chi connectivity index (χ0v) is 27.7. The monoisotopic (exact) mass is 623 g/mol. The number of ether oxygens (including phenoxy) is 2. The zero-order valence-electron chi connectivity index (χ0n) is 26.8. The van der Waals surface area contributed by atoms with Crippen LogP contribution >= 0.6 is 12.6 Å². The summed E-state index contributed by atoms with van der Waals surface area (Å²) in [5, 5.41) is 5.43. The number of thiol groups is 1. The molecule has 10 heteroatoms. The summed E-state index contributed by atoms with van der Waals surface area (Å²) < 4.78 is 11.0. The first kappa shape index (κ1) is 36.2. The summed E-state index contributed by atoms with van der Waals surface area (Å²) in [4.78, 5) is 55.6. The lowest BCUT2D eigenvalue weighted by molar-refractivity contribution is -0.159. The SMILES string of the molecule is C#Cc1ccc(C(C(=O)NC(Cc2ccccc2)C(=O)OC(C)(C)C)N(C(=O)C(CS)NC(=O)OC(C)(C)C)C(C)C)cc1. The highest BCUT2D eigenvalue weighted by atomic mass is 32.1. The lowest BCUT2D eigenvalue weighted by atomic mass is 9.98. The van der Waals surface area contributed by atoms with Crippen molar-refractivity contribution in [2.24, 2.45) is 0 Å². The second-order valence-corrected chi connectivity index (χ2v) is 13.0. The fourth-order valence-corrected chi connectivity index (χ4v) is 4.61. The van der Waals surface area contributed by atoms with Crippen molar-refractivity contribution in [1.29, 1.82) is 0 Å². The molecule has 0 aliphatic rings. The number of amides is 3. The summed E-state index contributed by atoms with van der Waals surface area (Å²) >= 11 is 4.31. The number of hydrogen-bond donors (Lipinski definition) is 3. The van der Waals surface area contributed by atoms with Gasteiger partial charge in [-0.25, -0.2) is 9.59 Å². The maximum absolute atomic E-state index is 14.3. The number of nitrogens with zero attached hydrogens (tertiary/aromatic N) is 1. The molecule has 0 saturated heterocycles. The van der Waals surface area contributed by atoms with Crippen molar-refractivity contribution in [3.63, 3.8) is 0 Å². The van der Waals surface area contributed by atoms with Crippen molar-refractivity contribution >= 4 is 36.5 Å². The van der Waals surface area contributed by atoms with Crippen LogP contribution < -0.4 is 10.6 Å². The third kappa shape index (κ3) is 11.3. The molecular formula is C34H45N3O6S. The molecule has 0 aliphatic carbocycles. The topological polar surface area (TPSA) is 114 Å². The van der Waals surface area contributed by atoms with E-state index in [2.05, 4.69) is 29.2 Å². The molecule has 9 nitrogen and oxygen atoms in total. The Morgan fingerprint density at radius 3 is 1.91 bits per heavy atom. The van der Waals surface area contributed by atoms with Gasteiger partial charge in [0, 0.05) is 23.8 Å². The second-order valence-electron chi connectivity index (χ2n) is 12.7. The average molecular weight is 624 g/mol. The zero-order chi connectivity index (χ0) is 33.2. The number of nitrogens with one attached hydrogen (secondary N) is 2. The Labute approximate surface area is 266 Å². The van der Waals surface area contributed by atoms with Crippen molar-refractivity contribution in [1.82, 2.24) is 15.5 Å². The van der Waals surface area contributed by atoms with E-state index in [1.54, 1.807) is 79.7 Å². The van der Waals surface area contributed by atoms with Crippen molar-refractivity contribution in [2.75, 3.05) is 5.75 Å². The van der Waals surface area contributed by atoms with Crippen LogP contribution in [0.3, 0.4) is 0 Å². The number of carbonyl (C=O) groups excluding carboxylic acids is 4. The smallest absolute Gasteiger partial charge is 0.408 e. The van der Waals surface area contributed by atoms with Gasteiger partial charge in [0.2, 0.25) is 11.8 Å². The fourth-order valence-electron chi connectivity index (χ4n) is 4.36. The standard InChI is InChI=1S/C34H45N3O6S/c1-10-23-16-18-25(19-17-23)28(37(22(2)3)30(39)27(21-44)36-32(41)43-34(7,8)9)29(38)35-26(31(40)42-33(4,5)6)20-24-14-12-11-13-15-24/h1,11-19,22,26-28,44H,20-21H2,2-9H3,(H,35,38)(H,36,41). The summed E-state index contributed by atoms with van der Waals surface area (Å²) in [6.07, 6.45) is 4.93. The van der Waals surface area contributed by atoms with E-state index in [1.807, 2.05) is 30.3 Å². The molecule has 0 spiro atoms. The van der Waals surface area contributed by atoms with Gasteiger partial charge in [-0.1, -0.05) is 48.4 Å². The molecule has 2 aromatic carbocycles. The molecule has 0 aromatic heterocycles. The Morgan fingerprint density at radius 2 is 1.43 bits per heavy atom. The first-order valence-electron chi connectivity index (χ1n) is 14.5. The predicted molar refractivity (Wildman–Crippen MR) is 174 cm³/mol. The Balaban J connectivity index is 2.56. The average Bonchev–Trinajstić information content (AvgIpc) is 2.92. The number of rotatable bonds is 11. The van der Waals surface area contributed by atoms with E-state index in [-0.39, 0.29) is 12.2 Å². The molecule has 0 saturated carbocycles. The molecule has 0 radical (unpaired) electrons. The summed E-state index contributed by atoms with van der Waals surface area (Å²) in [5.41, 5.74) is 0.274. The maximum Gasteiger partial charge on any atom is 0.408 e. The second kappa shape index (κ2) is 15.7. The summed E-state index contributed by atoms with van der Waals surface area (Å²) in [6.45, 7) is 13.9. The number of carbonyl (C=O) groups is 4. The molecule has 2 N–H and O–H groups in total. The minimum atomic E-state index is -1.20. The van der Waals surface area contributed by atoms with E-state index >= 15 is 0 Å². The molecular weight excluding hydrogens is 578 g/mol. The van der Waals surface area contributed by atoms with Crippen molar-refractivity contribution in [2.45, 2.75) is 97.2 Å². The van der Waals surface area contributed by atoms with Crippen LogP contribution in [0, 0.1) is 12.3 Å². The predicted octanol–water partition coefficient (Wildman–Crippen LogP) is 4.84. The Kier molecular flexibility index (Phi) is 12.9. The van der Waals surface area contributed by atoms with Gasteiger partial charge in [0.1, 0.15) is 29.3 Å². The number of alkyl carbamates (subject to hydrolysis) is 1. The maximum atomic E-state index is 14.3. The summed E-state index contributed by atoms with van der Waals surface area (Å²) in [7, 11) is 0. The third-order valence-electron chi connectivity index (χ3n) is 6.19. The Bertz CT molecular complexity index is 1320. The molecule has 2 aromatic rings. The van der Waals surface area contributed by atoms with E-state index < -0.39 is 59.2 Å². The molecule has 2 rings (SSSR count). The van der Waals surface area contributed by atoms with Crippen LogP contribution in [0.15, 0.2) is 54.6 Å². The molecule has 0 bridgehead atoms. The van der Waals surface area contributed by atoms with E-state index in [9.17, 15) is 19.2 Å². The third-order valence-corrected chi connectivity index (χ3v) is 6.56. The van der Waals surface area contributed by atoms with Gasteiger partial charge in [-0.15, -0.1) is 6.42 Å². The molecule has 3 amide bonds. The lowest BCUT2D eigenvalue weighted by Gasteiger charge is -2.37. The van der Waals surface area contributed by atoms with E-state index in [4.69, 9.17) is 15.9 Å². The van der Waals surface area contributed by atoms with Gasteiger partial charge in [-0.3, -0.25) is 9.59 Å². The number of esters is 1. The van der Waals surface area contributed by atoms with Gasteiger partial charge in [0.05, 0.1) is 0 Å². The highest BCUT2D eigenvalue weighted by molar-refractivity contribution is 7.80. The highest BCUT2D eigenvalue weighted by Crippen LogP contribution is 2.26. The van der Waals surface area contributed by atoms with Gasteiger partial charge in [-0.05, 0) is 78.6 Å². The van der Waals surface area contributed by atoms with Gasteiger partial charge < -0.3 is 25.0 Å². The molecule has 44 heavy (non-hydrogen) atoms. The van der Waals surface area contributed by atoms with E-state index in [0.717, 1.165) is 5.56 Å². The number of benzene rings is 2. The van der Waals surface area contributed by atoms with Crippen molar-refractivity contribution < 1.29 is 28.7 Å². The molecule has 0 aliphatic heterocycles. The molecule has 3 atom stereocenters. The van der Waals surface area contributed by atoms with Gasteiger partial charge in [-0.2, -0.15) is 12.6 Å². The highest BCUT2D eigenvalue weighted by Gasteiger charge is 2.39.